The fourth-order valence-corrected chi connectivity index (χ4v) is 14.0. The molecular formula is C68H96F2N4O34. The van der Waals surface area contributed by atoms with Crippen LogP contribution in [-0.4, -0.2) is 381 Å². The van der Waals surface area contributed by atoms with Gasteiger partial charge in [-0.15, -0.1) is 0 Å². The second kappa shape index (κ2) is 39.3. The number of aromatic nitrogens is 2. The first-order valence-corrected chi connectivity index (χ1v) is 35.4. The van der Waals surface area contributed by atoms with Gasteiger partial charge in [0, 0.05) is 60.6 Å². The first-order chi connectivity index (χ1) is 51.8. The zero-order valence-corrected chi connectivity index (χ0v) is 59.0. The minimum Gasteiger partial charge on any atom is -0.461 e. The van der Waals surface area contributed by atoms with E-state index < -0.39 is 209 Å². The van der Waals surface area contributed by atoms with Crippen molar-refractivity contribution in [2.45, 2.75) is 187 Å². The Bertz CT molecular complexity index is 3310. The third kappa shape index (κ3) is 20.5. The molecule has 108 heavy (non-hydrogen) atoms. The molecule has 606 valence electrons. The van der Waals surface area contributed by atoms with Gasteiger partial charge in [-0.1, -0.05) is 0 Å². The summed E-state index contributed by atoms with van der Waals surface area (Å²) in [6.45, 7) is -1.73. The zero-order valence-electron chi connectivity index (χ0n) is 59.0. The lowest BCUT2D eigenvalue weighted by molar-refractivity contribution is -0.359. The number of carbonyl (C=O) groups is 4. The number of benzene rings is 2. The number of ether oxygens (including phenoxy) is 16. The SMILES string of the molecule is CC(=O)O[C@H]1C[C@@H](Cc2c(-c3[nH]c4cc(F)ccc4c3C[C@@H]3C[C@H](OC(C)=O)CN3C(=O)OCCOCCOCCO[C@@H]3OC(CO)[C@@H](O[C@@H]4OC(CO)[C@H](O)[C@H](O)C4O)[C@H](O)C3O)[nH]c3cc(F)ccc23)N(C(=O)OCCOCCOCCO[C@@H]2OC(CO)[C@@H](O[C@@H]3OC(CO)[C@H](O)[C@H](O)C3O)[C@H](O)C2O)C1. The van der Waals surface area contributed by atoms with E-state index >= 15 is 8.78 Å². The van der Waals surface area contributed by atoms with E-state index in [9.17, 15) is 90.7 Å². The zero-order chi connectivity index (χ0) is 77.6. The normalized spacial score (nSPS) is 33.1. The number of H-pyrrole nitrogens is 2. The van der Waals surface area contributed by atoms with Crippen molar-refractivity contribution >= 4 is 45.9 Å². The number of nitrogens with zero attached hydrogens (tertiary/aromatic N) is 2. The Morgan fingerprint density at radius 1 is 0.435 bits per heavy atom. The molecule has 2 aromatic heterocycles. The number of aromatic amines is 2. The molecule has 16 N–H and O–H groups in total. The fourth-order valence-electron chi connectivity index (χ4n) is 14.0. The van der Waals surface area contributed by atoms with Gasteiger partial charge in [-0.2, -0.15) is 0 Å². The quantitative estimate of drug-likeness (QED) is 0.0117. The number of aliphatic hydroxyl groups excluding tert-OH is 14. The molecular weight excluding hydrogens is 1450 g/mol. The van der Waals surface area contributed by atoms with E-state index in [1.54, 1.807) is 12.1 Å². The maximum atomic E-state index is 15.2. The second-order valence-corrected chi connectivity index (χ2v) is 26.7. The minimum absolute atomic E-state index is 0.0178. The number of likely N-dealkylation sites (tertiary alicyclic amines) is 2. The topological polar surface area (TPSA) is 537 Å². The number of carbonyl (C=O) groups excluding carboxylic acids is 4. The van der Waals surface area contributed by atoms with Crippen LogP contribution < -0.4 is 0 Å². The van der Waals surface area contributed by atoms with Gasteiger partial charge in [0.2, 0.25) is 0 Å². The summed E-state index contributed by atoms with van der Waals surface area (Å²) in [7, 11) is 0. The molecule has 40 heteroatoms. The monoisotopic (exact) mass is 1550 g/mol. The number of hydrogen-bond acceptors (Lipinski definition) is 34. The summed E-state index contributed by atoms with van der Waals surface area (Å²) in [5, 5.41) is 145. The third-order valence-corrected chi connectivity index (χ3v) is 19.3. The maximum Gasteiger partial charge on any atom is 0.410 e. The Morgan fingerprint density at radius 3 is 1.12 bits per heavy atom. The predicted octanol–water partition coefficient (Wildman–Crippen LogP) is -4.69. The standard InChI is InChI=1S/C68H96F2N4O34/c1-31(79)101-37-21-35(73(25-37)67(91)99-17-13-95-9-7-93-11-15-97-63-59(89)55(85)61(47(29-77)105-63)107-65-57(87)53(83)51(81)45(27-75)103-65)23-41-39-5-3-33(69)19-43(39)71-49(41)50-42(40-6-4-34(70)20-44(40)72-50)24-36-22-38(102-32(2)80)26-74(36)68(92)100-18-14-96-10-8-94-12-16-98-64-60(90)56(86)62(48(30-78)106-64)108-66-58(88)54(84)52(82)46(28-76)104-66/h3-6,19-20,35-38,45-48,51-66,71-72,75-78,81-90H,7-18,21-30H2,1-2H3/t35-,36-,37-,38-,45?,46?,47?,48?,51-,52-,53-,54-,55+,56+,57?,58?,59?,60?,61+,62+,63+,64+,65-,66-/m0/s1. The molecule has 24 atom stereocenters. The summed E-state index contributed by atoms with van der Waals surface area (Å²) in [4.78, 5) is 62.4. The first-order valence-electron chi connectivity index (χ1n) is 35.4. The average molecular weight is 1550 g/mol. The minimum atomic E-state index is -1.84. The summed E-state index contributed by atoms with van der Waals surface area (Å²) >= 11 is 0. The Balaban J connectivity index is 0.705. The summed E-state index contributed by atoms with van der Waals surface area (Å²) in [6, 6.07) is 6.86. The molecule has 4 aromatic rings. The van der Waals surface area contributed by atoms with E-state index in [0.29, 0.717) is 44.3 Å². The van der Waals surface area contributed by atoms with E-state index in [2.05, 4.69) is 9.97 Å². The van der Waals surface area contributed by atoms with Crippen LogP contribution in [0.25, 0.3) is 33.2 Å². The van der Waals surface area contributed by atoms with Gasteiger partial charge in [-0.3, -0.25) is 9.59 Å². The molecule has 0 bridgehead atoms. The van der Waals surface area contributed by atoms with E-state index in [1.165, 1.54) is 47.9 Å². The molecule has 10 rings (SSSR count). The average Bonchev–Trinajstić information content (AvgIpc) is 1.57. The molecule has 6 aliphatic heterocycles. The number of nitrogens with one attached hydrogen (secondary N) is 2. The Morgan fingerprint density at radius 2 is 0.769 bits per heavy atom. The van der Waals surface area contributed by atoms with Gasteiger partial charge in [-0.25, -0.2) is 18.4 Å². The Hall–Kier alpha value is -6.18. The largest absolute Gasteiger partial charge is 0.461 e. The van der Waals surface area contributed by atoms with Crippen molar-refractivity contribution in [3.05, 3.63) is 59.2 Å². The Labute approximate surface area is 615 Å². The highest BCUT2D eigenvalue weighted by molar-refractivity contribution is 5.96. The van der Waals surface area contributed by atoms with Crippen molar-refractivity contribution in [2.24, 2.45) is 0 Å². The molecule has 6 saturated heterocycles. The van der Waals surface area contributed by atoms with E-state index in [0.717, 1.165) is 0 Å². The van der Waals surface area contributed by atoms with Crippen LogP contribution in [0.4, 0.5) is 18.4 Å². The van der Waals surface area contributed by atoms with E-state index in [1.807, 2.05) is 0 Å². The fraction of sp³-hybridized carbons (Fsp3) is 0.706. The first kappa shape index (κ1) is 84.3. The van der Waals surface area contributed by atoms with Gasteiger partial charge >= 0.3 is 24.1 Å². The number of rotatable bonds is 35. The molecule has 6 aliphatic rings. The van der Waals surface area contributed by atoms with Gasteiger partial charge in [0.25, 0.3) is 0 Å². The highest BCUT2D eigenvalue weighted by atomic mass is 19.1. The number of amides is 2. The van der Waals surface area contributed by atoms with Crippen LogP contribution in [-0.2, 0) is 98.2 Å². The van der Waals surface area contributed by atoms with Crippen molar-refractivity contribution < 1.29 is 175 Å². The summed E-state index contributed by atoms with van der Waals surface area (Å²) in [5.41, 5.74) is 2.71. The number of fused-ring (bicyclic) bond motifs is 2. The summed E-state index contributed by atoms with van der Waals surface area (Å²) in [6.07, 6.45) is -35.1. The molecule has 8 heterocycles. The Kier molecular flexibility index (Phi) is 30.7. The molecule has 2 amide bonds. The van der Waals surface area contributed by atoms with Gasteiger partial charge in [0.05, 0.1) is 117 Å². The van der Waals surface area contributed by atoms with Crippen LogP contribution in [0.3, 0.4) is 0 Å². The predicted molar refractivity (Wildman–Crippen MR) is 355 cm³/mol. The van der Waals surface area contributed by atoms with E-state index in [4.69, 9.17) is 75.8 Å². The van der Waals surface area contributed by atoms with Crippen LogP contribution >= 0.6 is 0 Å². The van der Waals surface area contributed by atoms with Crippen LogP contribution in [0.1, 0.15) is 37.8 Å². The molecule has 0 spiro atoms. The van der Waals surface area contributed by atoms with Crippen molar-refractivity contribution in [3.63, 3.8) is 0 Å². The summed E-state index contributed by atoms with van der Waals surface area (Å²) < 4.78 is 120. The highest BCUT2D eigenvalue weighted by Crippen LogP contribution is 2.41. The summed E-state index contributed by atoms with van der Waals surface area (Å²) in [5.74, 6) is -2.34. The molecule has 0 radical (unpaired) electrons. The molecule has 8 unspecified atom stereocenters. The van der Waals surface area contributed by atoms with Crippen LogP contribution in [0.5, 0.6) is 0 Å². The second-order valence-electron chi connectivity index (χ2n) is 26.7. The van der Waals surface area contributed by atoms with Crippen molar-refractivity contribution in [1.82, 2.24) is 19.8 Å². The van der Waals surface area contributed by atoms with Gasteiger partial charge < -0.3 is 167 Å². The van der Waals surface area contributed by atoms with Crippen LogP contribution in [0, 0.1) is 11.6 Å². The van der Waals surface area contributed by atoms with Crippen molar-refractivity contribution in [3.8, 4) is 11.4 Å². The smallest absolute Gasteiger partial charge is 0.410 e. The third-order valence-electron chi connectivity index (χ3n) is 19.3. The van der Waals surface area contributed by atoms with Gasteiger partial charge in [-0.05, 0) is 60.4 Å². The molecule has 0 aliphatic carbocycles. The maximum absolute atomic E-state index is 15.2. The highest BCUT2D eigenvalue weighted by Gasteiger charge is 2.53. The number of hydrogen-bond donors (Lipinski definition) is 16. The van der Waals surface area contributed by atoms with E-state index in [-0.39, 0.29) is 118 Å². The van der Waals surface area contributed by atoms with Crippen LogP contribution in [0.15, 0.2) is 36.4 Å². The number of halogens is 2. The van der Waals surface area contributed by atoms with Crippen molar-refractivity contribution in [2.75, 3.05) is 119 Å². The lowest BCUT2D eigenvalue weighted by atomic mass is 9.95. The molecule has 6 fully saturated rings. The molecule has 0 saturated carbocycles. The van der Waals surface area contributed by atoms with Crippen LogP contribution in [0.2, 0.25) is 0 Å². The van der Waals surface area contributed by atoms with Gasteiger partial charge in [0.15, 0.2) is 25.2 Å². The number of esters is 2. The lowest BCUT2D eigenvalue weighted by Crippen LogP contribution is -2.64. The molecule has 2 aromatic carbocycles. The van der Waals surface area contributed by atoms with Gasteiger partial charge in [0.1, 0.15) is 135 Å². The molecule has 38 nitrogen and oxygen atoms in total. The number of aliphatic hydroxyl groups is 14. The lowest BCUT2D eigenvalue weighted by Gasteiger charge is -2.45. The van der Waals surface area contributed by atoms with Crippen molar-refractivity contribution in [1.29, 1.82) is 0 Å².